The first-order chi connectivity index (χ1) is 15.0. The van der Waals surface area contributed by atoms with E-state index in [-0.39, 0.29) is 22.8 Å². The highest BCUT2D eigenvalue weighted by Crippen LogP contribution is 2.45. The van der Waals surface area contributed by atoms with Crippen LogP contribution in [0.2, 0.25) is 0 Å². The van der Waals surface area contributed by atoms with E-state index in [4.69, 9.17) is 4.99 Å². The third-order valence-electron chi connectivity index (χ3n) is 6.91. The van der Waals surface area contributed by atoms with Gasteiger partial charge in [-0.15, -0.1) is 0 Å². The topological polar surface area (TPSA) is 70.0 Å². The van der Waals surface area contributed by atoms with Gasteiger partial charge in [0.2, 0.25) is 0 Å². The van der Waals surface area contributed by atoms with Crippen LogP contribution >= 0.6 is 0 Å². The fraction of sp³-hybridized carbons (Fsp3) is 0.423. The van der Waals surface area contributed by atoms with E-state index < -0.39 is 21.7 Å². The molecule has 2 aromatic carbocycles. The summed E-state index contributed by atoms with van der Waals surface area (Å²) in [6, 6.07) is 16.1. The number of fused-ring (bicyclic) bond motifs is 1. The van der Waals surface area contributed by atoms with Gasteiger partial charge in [0.15, 0.2) is 0 Å². The van der Waals surface area contributed by atoms with Gasteiger partial charge in [-0.05, 0) is 53.2 Å². The Morgan fingerprint density at radius 3 is 2.28 bits per heavy atom. The first-order valence-electron chi connectivity index (χ1n) is 11.1. The highest BCUT2D eigenvalue weighted by molar-refractivity contribution is 7.89. The molecule has 4 atom stereocenters. The van der Waals surface area contributed by atoms with Gasteiger partial charge in [0.05, 0.1) is 22.6 Å². The third kappa shape index (κ3) is 3.90. The first kappa shape index (κ1) is 22.7. The predicted molar refractivity (Wildman–Crippen MR) is 128 cm³/mol. The summed E-state index contributed by atoms with van der Waals surface area (Å²) in [7, 11) is -3.86. The number of aliphatic hydroxyl groups excluding tert-OH is 1. The Morgan fingerprint density at radius 2 is 1.69 bits per heavy atom. The van der Waals surface area contributed by atoms with Crippen molar-refractivity contribution in [3.63, 3.8) is 0 Å². The number of hydrogen-bond donors (Lipinski definition) is 1. The zero-order valence-corrected chi connectivity index (χ0v) is 20.2. The summed E-state index contributed by atoms with van der Waals surface area (Å²) in [4.78, 5) is 5.29. The van der Waals surface area contributed by atoms with Crippen molar-refractivity contribution in [2.24, 2.45) is 16.8 Å². The van der Waals surface area contributed by atoms with Crippen LogP contribution in [0.4, 0.5) is 0 Å². The Hall–Kier alpha value is -2.44. The van der Waals surface area contributed by atoms with Crippen molar-refractivity contribution in [1.82, 2.24) is 4.31 Å². The van der Waals surface area contributed by atoms with Crippen LogP contribution in [-0.4, -0.2) is 41.3 Å². The normalized spacial score (nSPS) is 26.1. The quantitative estimate of drug-likeness (QED) is 0.692. The van der Waals surface area contributed by atoms with Crippen molar-refractivity contribution >= 4 is 15.9 Å². The molecule has 32 heavy (non-hydrogen) atoms. The van der Waals surface area contributed by atoms with Crippen LogP contribution in [-0.2, 0) is 10.0 Å². The molecule has 2 aromatic rings. The molecule has 1 aliphatic carbocycles. The molecule has 170 valence electrons. The molecule has 0 fully saturated rings. The molecule has 0 aromatic heterocycles. The third-order valence-corrected chi connectivity index (χ3v) is 8.71. The fourth-order valence-electron chi connectivity index (χ4n) is 5.05. The minimum atomic E-state index is -3.86. The van der Waals surface area contributed by atoms with Crippen molar-refractivity contribution in [3.8, 4) is 0 Å². The Labute approximate surface area is 191 Å². The van der Waals surface area contributed by atoms with Gasteiger partial charge in [-0.1, -0.05) is 59.7 Å². The van der Waals surface area contributed by atoms with Crippen LogP contribution in [0.3, 0.4) is 0 Å². The van der Waals surface area contributed by atoms with Crippen LogP contribution in [0.15, 0.2) is 76.1 Å². The second-order valence-electron chi connectivity index (χ2n) is 9.66. The number of aliphatic imine (C=N–C) groups is 1. The van der Waals surface area contributed by atoms with Crippen molar-refractivity contribution in [3.05, 3.63) is 77.4 Å². The summed E-state index contributed by atoms with van der Waals surface area (Å²) >= 11 is 0. The highest BCUT2D eigenvalue weighted by Gasteiger charge is 2.50. The van der Waals surface area contributed by atoms with Crippen LogP contribution in [0.5, 0.6) is 0 Å². The summed E-state index contributed by atoms with van der Waals surface area (Å²) < 4.78 is 29.6. The SMILES string of the molecule is CC1=C[C@H]2[C@@H](C[C@H]1C(C)O)C(C)(C)N=C(c1ccccc1)N2S(=O)(=O)c1ccc(C)cc1. The van der Waals surface area contributed by atoms with E-state index in [2.05, 4.69) is 13.8 Å². The van der Waals surface area contributed by atoms with E-state index in [0.717, 1.165) is 16.7 Å². The Morgan fingerprint density at radius 1 is 1.06 bits per heavy atom. The maximum absolute atomic E-state index is 14.0. The average molecular weight is 453 g/mol. The number of nitrogens with zero attached hydrogens (tertiary/aromatic N) is 2. The summed E-state index contributed by atoms with van der Waals surface area (Å²) in [5.74, 6) is 0.406. The molecule has 1 N–H and O–H groups in total. The molecule has 6 heteroatoms. The number of amidine groups is 1. The molecule has 1 unspecified atom stereocenters. The lowest BCUT2D eigenvalue weighted by molar-refractivity contribution is 0.0917. The second-order valence-corrected chi connectivity index (χ2v) is 11.5. The molecule has 1 aliphatic heterocycles. The summed E-state index contributed by atoms with van der Waals surface area (Å²) in [6.07, 6.45) is 2.23. The highest BCUT2D eigenvalue weighted by atomic mass is 32.2. The fourth-order valence-corrected chi connectivity index (χ4v) is 6.66. The predicted octanol–water partition coefficient (Wildman–Crippen LogP) is 4.56. The minimum absolute atomic E-state index is 0.00655. The molecule has 0 saturated heterocycles. The molecule has 4 rings (SSSR count). The molecule has 2 aliphatic rings. The monoisotopic (exact) mass is 452 g/mol. The van der Waals surface area contributed by atoms with Crippen molar-refractivity contribution in [2.75, 3.05) is 0 Å². The van der Waals surface area contributed by atoms with Crippen LogP contribution in [0.1, 0.15) is 45.2 Å². The first-order valence-corrected chi connectivity index (χ1v) is 12.6. The molecule has 0 spiro atoms. The largest absolute Gasteiger partial charge is 0.393 e. The summed E-state index contributed by atoms with van der Waals surface area (Å²) in [5.41, 5.74) is 2.32. The molecule has 5 nitrogen and oxygen atoms in total. The van der Waals surface area contributed by atoms with Gasteiger partial charge in [0.1, 0.15) is 5.84 Å². The van der Waals surface area contributed by atoms with Crippen molar-refractivity contribution in [1.29, 1.82) is 0 Å². The summed E-state index contributed by atoms with van der Waals surface area (Å²) in [5, 5.41) is 10.4. The van der Waals surface area contributed by atoms with Crippen LogP contribution in [0, 0.1) is 18.8 Å². The van der Waals surface area contributed by atoms with Gasteiger partial charge < -0.3 is 5.11 Å². The lowest BCUT2D eigenvalue weighted by Crippen LogP contribution is -2.59. The lowest BCUT2D eigenvalue weighted by atomic mass is 9.68. The number of aryl methyl sites for hydroxylation is 1. The van der Waals surface area contributed by atoms with Crippen LogP contribution in [0.25, 0.3) is 0 Å². The van der Waals surface area contributed by atoms with E-state index in [1.807, 2.05) is 62.4 Å². The number of rotatable bonds is 4. The Kier molecular flexibility index (Phi) is 5.80. The standard InChI is InChI=1S/C26H32N2O3S/c1-17-11-13-21(14-12-17)32(30,31)28-24-15-18(2)22(19(3)29)16-23(24)26(4,5)27-25(28)20-9-7-6-8-10-20/h6-15,19,22-24,29H,16H2,1-5H3/t19?,22-,23-,24+/m1/s1. The number of hydrogen-bond acceptors (Lipinski definition) is 4. The smallest absolute Gasteiger partial charge is 0.266 e. The lowest BCUT2D eigenvalue weighted by Gasteiger charge is -2.50. The average Bonchev–Trinajstić information content (AvgIpc) is 2.73. The molecular formula is C26H32N2O3S. The maximum atomic E-state index is 14.0. The Balaban J connectivity index is 1.94. The van der Waals surface area contributed by atoms with Gasteiger partial charge in [-0.2, -0.15) is 0 Å². The van der Waals surface area contributed by atoms with Gasteiger partial charge in [-0.25, -0.2) is 12.7 Å². The molecular weight excluding hydrogens is 420 g/mol. The number of benzene rings is 2. The molecule has 0 bridgehead atoms. The Bertz CT molecular complexity index is 1150. The van der Waals surface area contributed by atoms with Crippen molar-refractivity contribution < 1.29 is 13.5 Å². The van der Waals surface area contributed by atoms with Gasteiger partial charge >= 0.3 is 0 Å². The van der Waals surface area contributed by atoms with Gasteiger partial charge in [-0.3, -0.25) is 4.99 Å². The maximum Gasteiger partial charge on any atom is 0.266 e. The van der Waals surface area contributed by atoms with Crippen molar-refractivity contribution in [2.45, 2.75) is 63.6 Å². The van der Waals surface area contributed by atoms with E-state index in [1.165, 1.54) is 4.31 Å². The number of sulfonamides is 1. The molecule has 0 radical (unpaired) electrons. The van der Waals surface area contributed by atoms with Gasteiger partial charge in [0.25, 0.3) is 10.0 Å². The van der Waals surface area contributed by atoms with E-state index in [1.54, 1.807) is 19.1 Å². The van der Waals surface area contributed by atoms with E-state index in [9.17, 15) is 13.5 Å². The number of aliphatic hydroxyl groups is 1. The molecule has 0 amide bonds. The zero-order valence-electron chi connectivity index (χ0n) is 19.4. The summed E-state index contributed by atoms with van der Waals surface area (Å²) in [6.45, 7) is 9.87. The zero-order chi connectivity index (χ0) is 23.3. The van der Waals surface area contributed by atoms with Gasteiger partial charge in [0, 0.05) is 17.4 Å². The van der Waals surface area contributed by atoms with Crippen LogP contribution < -0.4 is 0 Å². The second kappa shape index (κ2) is 8.16. The molecule has 0 saturated carbocycles. The van der Waals surface area contributed by atoms with E-state index >= 15 is 0 Å². The molecule has 1 heterocycles. The van der Waals surface area contributed by atoms with E-state index in [0.29, 0.717) is 12.3 Å². The minimum Gasteiger partial charge on any atom is -0.393 e.